The Labute approximate surface area is 249 Å². The topological polar surface area (TPSA) is 102 Å². The fourth-order valence-electron chi connectivity index (χ4n) is 4.46. The van der Waals surface area contributed by atoms with Gasteiger partial charge >= 0.3 is 0 Å². The lowest BCUT2D eigenvalue weighted by atomic mass is 9.91. The number of hydrogen-bond acceptors (Lipinski definition) is 5. The molecule has 0 amide bonds. The van der Waals surface area contributed by atoms with Gasteiger partial charge < -0.3 is 4.90 Å². The third-order valence-electron chi connectivity index (χ3n) is 6.55. The molecule has 1 aromatic heterocycles. The second-order valence-electron chi connectivity index (χ2n) is 9.45. The highest BCUT2D eigenvalue weighted by molar-refractivity contribution is 7.90. The van der Waals surface area contributed by atoms with E-state index >= 15 is 0 Å². The first-order valence-corrected chi connectivity index (χ1v) is 14.9. The van der Waals surface area contributed by atoms with Crippen LogP contribution in [0.5, 0.6) is 0 Å². The Kier molecular flexibility index (Phi) is 8.49. The number of hydrazone groups is 1. The van der Waals surface area contributed by atoms with Crippen LogP contribution < -0.4 is 0 Å². The largest absolute Gasteiger partial charge is 0.353 e. The number of hydrogen-bond donors (Lipinski definition) is 1. The molecule has 1 N–H and O–H groups in total. The van der Waals surface area contributed by atoms with E-state index in [1.54, 1.807) is 42.5 Å². The second-order valence-corrected chi connectivity index (χ2v) is 11.9. The van der Waals surface area contributed by atoms with Gasteiger partial charge in [-0.05, 0) is 59.2 Å². The fourth-order valence-corrected chi connectivity index (χ4v) is 5.71. The van der Waals surface area contributed by atoms with E-state index in [2.05, 4.69) is 9.38 Å². The lowest BCUT2D eigenvalue weighted by molar-refractivity contribution is 0.457. The van der Waals surface area contributed by atoms with Gasteiger partial charge in [-0.3, -0.25) is 10.4 Å². The van der Waals surface area contributed by atoms with Crippen molar-refractivity contribution in [2.75, 3.05) is 13.6 Å². The number of nitrogens with one attached hydrogen (secondary N) is 1. The zero-order valence-electron chi connectivity index (χ0n) is 22.0. The van der Waals surface area contributed by atoms with Gasteiger partial charge in [-0.1, -0.05) is 71.7 Å². The van der Waals surface area contributed by atoms with Crippen LogP contribution in [0.15, 0.2) is 118 Å². The Morgan fingerprint density at radius 2 is 1.63 bits per heavy atom. The van der Waals surface area contributed by atoms with Crippen molar-refractivity contribution in [3.05, 3.63) is 130 Å². The monoisotopic (exact) mass is 604 g/mol. The summed E-state index contributed by atoms with van der Waals surface area (Å²) in [6.45, 7) is 0.594. The number of halogens is 2. The maximum absolute atomic E-state index is 13.5. The summed E-state index contributed by atoms with van der Waals surface area (Å²) in [6, 6.07) is 26.6. The van der Waals surface area contributed by atoms with E-state index in [0.717, 1.165) is 16.7 Å². The first-order valence-electron chi connectivity index (χ1n) is 12.7. The molecular formula is C30H26Cl2N6O2S. The summed E-state index contributed by atoms with van der Waals surface area (Å²) in [7, 11) is -2.51. The minimum Gasteiger partial charge on any atom is -0.353 e. The van der Waals surface area contributed by atoms with Gasteiger partial charge in [0.05, 0.1) is 17.2 Å². The van der Waals surface area contributed by atoms with Crippen molar-refractivity contribution >= 4 is 50.6 Å². The van der Waals surface area contributed by atoms with E-state index in [0.29, 0.717) is 22.3 Å². The molecule has 0 saturated carbocycles. The molecule has 0 radical (unpaired) electrons. The van der Waals surface area contributed by atoms with Gasteiger partial charge in [-0.25, -0.2) is 5.01 Å². The first-order chi connectivity index (χ1) is 19.7. The maximum atomic E-state index is 13.5. The van der Waals surface area contributed by atoms with Gasteiger partial charge in [-0.15, -0.1) is 4.40 Å². The third-order valence-corrected chi connectivity index (χ3v) is 8.34. The SMILES string of the molecule is CN(Cc1cccnc1)C(=N)/C(=N\S(=O)(=O)c1ccc(Cl)cc1)N1CC(c2ccccc2)C(c2ccc(Cl)cc2)=N1. The number of likely N-dealkylation sites (N-methyl/N-ethyl adjacent to an activating group) is 1. The van der Waals surface area contributed by atoms with Crippen molar-refractivity contribution in [3.63, 3.8) is 0 Å². The minimum atomic E-state index is -4.21. The quantitative estimate of drug-likeness (QED) is 0.212. The Morgan fingerprint density at radius 3 is 2.27 bits per heavy atom. The van der Waals surface area contributed by atoms with Crippen molar-refractivity contribution < 1.29 is 8.42 Å². The van der Waals surface area contributed by atoms with Crippen molar-refractivity contribution in [1.29, 1.82) is 5.41 Å². The van der Waals surface area contributed by atoms with E-state index in [1.807, 2.05) is 48.5 Å². The van der Waals surface area contributed by atoms with Crippen LogP contribution in [0.1, 0.15) is 22.6 Å². The van der Waals surface area contributed by atoms with Gasteiger partial charge in [0.25, 0.3) is 10.0 Å². The molecule has 41 heavy (non-hydrogen) atoms. The van der Waals surface area contributed by atoms with Crippen molar-refractivity contribution in [1.82, 2.24) is 14.9 Å². The average molecular weight is 606 g/mol. The molecule has 0 aliphatic carbocycles. The highest BCUT2D eigenvalue weighted by atomic mass is 35.5. The summed E-state index contributed by atoms with van der Waals surface area (Å²) >= 11 is 12.1. The predicted molar refractivity (Wildman–Crippen MR) is 163 cm³/mol. The summed E-state index contributed by atoms with van der Waals surface area (Å²) in [5, 5.41) is 16.4. The number of amidine groups is 2. The highest BCUT2D eigenvalue weighted by Gasteiger charge is 2.34. The van der Waals surface area contributed by atoms with Crippen LogP contribution in [0.2, 0.25) is 10.0 Å². The number of aromatic nitrogens is 1. The van der Waals surface area contributed by atoms with E-state index < -0.39 is 10.0 Å². The predicted octanol–water partition coefficient (Wildman–Crippen LogP) is 6.09. The normalized spacial score (nSPS) is 15.5. The molecular weight excluding hydrogens is 579 g/mol. The molecule has 1 aliphatic heterocycles. The summed E-state index contributed by atoms with van der Waals surface area (Å²) < 4.78 is 31.2. The van der Waals surface area contributed by atoms with E-state index in [9.17, 15) is 8.42 Å². The summed E-state index contributed by atoms with van der Waals surface area (Å²) in [5.74, 6) is -0.423. The van der Waals surface area contributed by atoms with Crippen LogP contribution in [0.25, 0.3) is 0 Å². The van der Waals surface area contributed by atoms with Crippen LogP contribution in [-0.2, 0) is 16.6 Å². The van der Waals surface area contributed by atoms with E-state index in [1.165, 1.54) is 29.3 Å². The molecule has 11 heteroatoms. The van der Waals surface area contributed by atoms with Crippen LogP contribution >= 0.6 is 23.2 Å². The zero-order valence-corrected chi connectivity index (χ0v) is 24.4. The molecule has 5 rings (SSSR count). The molecule has 208 valence electrons. The number of nitrogens with zero attached hydrogens (tertiary/aromatic N) is 5. The Hall–Kier alpha value is -4.05. The van der Waals surface area contributed by atoms with Crippen LogP contribution in [0, 0.1) is 5.41 Å². The standard InChI is InChI=1S/C30H26Cl2N6O2S/c1-37(19-21-6-5-17-34-18-21)29(33)30(36-41(39,40)26-15-13-25(32)14-16-26)38-20-27(22-7-3-2-4-8-22)28(35-38)23-9-11-24(31)12-10-23/h2-18,27,33H,19-20H2,1H3/b33-29?,36-30+. The first kappa shape index (κ1) is 28.5. The smallest absolute Gasteiger partial charge is 0.284 e. The van der Waals surface area contributed by atoms with E-state index in [-0.39, 0.29) is 29.0 Å². The maximum Gasteiger partial charge on any atom is 0.284 e. The fraction of sp³-hybridized carbons (Fsp3) is 0.133. The lowest BCUT2D eigenvalue weighted by Crippen LogP contribution is -2.41. The molecule has 4 aromatic rings. The Morgan fingerprint density at radius 1 is 0.976 bits per heavy atom. The van der Waals surface area contributed by atoms with Crippen molar-refractivity contribution in [2.24, 2.45) is 9.50 Å². The van der Waals surface area contributed by atoms with Gasteiger partial charge in [0, 0.05) is 41.9 Å². The van der Waals surface area contributed by atoms with Gasteiger partial charge in [0.15, 0.2) is 5.84 Å². The number of sulfonamides is 1. The number of pyridine rings is 1. The van der Waals surface area contributed by atoms with Crippen molar-refractivity contribution in [3.8, 4) is 0 Å². The molecule has 0 spiro atoms. The second kappa shape index (κ2) is 12.2. The molecule has 0 bridgehead atoms. The third kappa shape index (κ3) is 6.65. The Bertz CT molecular complexity index is 1700. The number of benzene rings is 3. The van der Waals surface area contributed by atoms with Gasteiger partial charge in [0.2, 0.25) is 5.84 Å². The molecule has 8 nitrogen and oxygen atoms in total. The molecule has 0 saturated heterocycles. The molecule has 2 heterocycles. The van der Waals surface area contributed by atoms with Crippen molar-refractivity contribution in [2.45, 2.75) is 17.4 Å². The zero-order chi connectivity index (χ0) is 29.0. The van der Waals surface area contributed by atoms with Gasteiger partial charge in [0.1, 0.15) is 0 Å². The molecule has 1 aliphatic rings. The lowest BCUT2D eigenvalue weighted by Gasteiger charge is -2.25. The summed E-state index contributed by atoms with van der Waals surface area (Å²) in [4.78, 5) is 5.72. The van der Waals surface area contributed by atoms with Gasteiger partial charge in [-0.2, -0.15) is 13.5 Å². The minimum absolute atomic E-state index is 0.0391. The summed E-state index contributed by atoms with van der Waals surface area (Å²) in [6.07, 6.45) is 3.37. The molecule has 0 fully saturated rings. The average Bonchev–Trinajstić information content (AvgIpc) is 3.42. The van der Waals surface area contributed by atoms with Crippen LogP contribution in [0.3, 0.4) is 0 Å². The number of rotatable bonds is 6. The van der Waals surface area contributed by atoms with Crippen LogP contribution in [-0.4, -0.2) is 54.3 Å². The highest BCUT2D eigenvalue weighted by Crippen LogP contribution is 2.30. The summed E-state index contributed by atoms with van der Waals surface area (Å²) in [5.41, 5.74) is 3.40. The molecule has 3 aromatic carbocycles. The molecule has 1 atom stereocenters. The van der Waals surface area contributed by atoms with Crippen LogP contribution in [0.4, 0.5) is 0 Å². The van der Waals surface area contributed by atoms with E-state index in [4.69, 9.17) is 33.7 Å². The Balaban J connectivity index is 1.59. The molecule has 1 unspecified atom stereocenters.